The minimum Gasteiger partial charge on any atom is -0.489 e. The second-order valence-electron chi connectivity index (χ2n) is 6.72. The van der Waals surface area contributed by atoms with Crippen molar-refractivity contribution < 1.29 is 14.3 Å². The number of hydrogen-bond donors (Lipinski definition) is 0. The Hall–Kier alpha value is -1.59. The summed E-state index contributed by atoms with van der Waals surface area (Å²) < 4.78 is 11.7. The fourth-order valence-electron chi connectivity index (χ4n) is 3.06. The predicted molar refractivity (Wildman–Crippen MR) is 108 cm³/mol. The van der Waals surface area contributed by atoms with Crippen LogP contribution >= 0.6 is 23.2 Å². The van der Waals surface area contributed by atoms with E-state index in [-0.39, 0.29) is 11.3 Å². The number of halogens is 2. The molecule has 1 fully saturated rings. The standard InChI is InChI=1S/C21H23Cl2NO3/c1-15-2-3-17(19(22)12-15)14-27-18-6-4-16(5-7-18)20-13-24(10-11-26-20)9-8-21(23)25/h2-7,12,20H,8-11,13-14H2,1H3. The van der Waals surface area contributed by atoms with Crippen LogP contribution < -0.4 is 4.74 Å². The van der Waals surface area contributed by atoms with E-state index in [1.807, 2.05) is 49.4 Å². The van der Waals surface area contributed by atoms with Crippen molar-refractivity contribution in [1.29, 1.82) is 0 Å². The van der Waals surface area contributed by atoms with Gasteiger partial charge in [-0.05, 0) is 47.9 Å². The number of hydrogen-bond acceptors (Lipinski definition) is 4. The van der Waals surface area contributed by atoms with Gasteiger partial charge in [0.05, 0.1) is 12.7 Å². The van der Waals surface area contributed by atoms with Crippen LogP contribution in [0.5, 0.6) is 5.75 Å². The highest BCUT2D eigenvalue weighted by Gasteiger charge is 2.22. The molecule has 0 aromatic heterocycles. The van der Waals surface area contributed by atoms with Crippen molar-refractivity contribution >= 4 is 28.4 Å². The van der Waals surface area contributed by atoms with Crippen LogP contribution in [0.15, 0.2) is 42.5 Å². The summed E-state index contributed by atoms with van der Waals surface area (Å²) in [5.41, 5.74) is 3.19. The minimum atomic E-state index is -0.298. The van der Waals surface area contributed by atoms with E-state index in [1.165, 1.54) is 0 Å². The van der Waals surface area contributed by atoms with Crippen LogP contribution in [0.2, 0.25) is 5.02 Å². The highest BCUT2D eigenvalue weighted by Crippen LogP contribution is 2.25. The van der Waals surface area contributed by atoms with Crippen molar-refractivity contribution in [1.82, 2.24) is 4.90 Å². The molecule has 0 bridgehead atoms. The molecule has 0 aliphatic carbocycles. The lowest BCUT2D eigenvalue weighted by molar-refractivity contribution is -0.112. The molecule has 0 radical (unpaired) electrons. The Bertz CT molecular complexity index is 779. The van der Waals surface area contributed by atoms with E-state index in [1.54, 1.807) is 0 Å². The number of aryl methyl sites for hydroxylation is 1. The molecule has 2 aromatic rings. The van der Waals surface area contributed by atoms with Gasteiger partial charge in [0.15, 0.2) is 0 Å². The van der Waals surface area contributed by atoms with E-state index in [4.69, 9.17) is 32.7 Å². The molecule has 1 heterocycles. The molecule has 2 aromatic carbocycles. The van der Waals surface area contributed by atoms with Crippen LogP contribution in [-0.2, 0) is 16.1 Å². The molecule has 27 heavy (non-hydrogen) atoms. The quantitative estimate of drug-likeness (QED) is 0.620. The fourth-order valence-corrected chi connectivity index (χ4v) is 3.44. The van der Waals surface area contributed by atoms with E-state index in [0.717, 1.165) is 40.6 Å². The molecule has 1 aliphatic heterocycles. The monoisotopic (exact) mass is 407 g/mol. The molecule has 0 saturated carbocycles. The van der Waals surface area contributed by atoms with E-state index < -0.39 is 0 Å². The van der Waals surface area contributed by atoms with Crippen molar-refractivity contribution in [2.24, 2.45) is 0 Å². The smallest absolute Gasteiger partial charge is 0.222 e. The number of ether oxygens (including phenoxy) is 2. The van der Waals surface area contributed by atoms with E-state index in [0.29, 0.717) is 26.2 Å². The van der Waals surface area contributed by atoms with Gasteiger partial charge in [-0.2, -0.15) is 0 Å². The van der Waals surface area contributed by atoms with Gasteiger partial charge in [0.2, 0.25) is 5.24 Å². The molecule has 0 amide bonds. The normalized spacial score (nSPS) is 17.7. The average Bonchev–Trinajstić information content (AvgIpc) is 2.66. The number of nitrogens with zero attached hydrogens (tertiary/aromatic N) is 1. The summed E-state index contributed by atoms with van der Waals surface area (Å²) in [5, 5.41) is 0.422. The van der Waals surface area contributed by atoms with Crippen molar-refractivity contribution in [3.63, 3.8) is 0 Å². The Kier molecular flexibility index (Phi) is 7.13. The Balaban J connectivity index is 1.55. The van der Waals surface area contributed by atoms with Crippen molar-refractivity contribution in [2.45, 2.75) is 26.1 Å². The van der Waals surface area contributed by atoms with Crippen LogP contribution in [0, 0.1) is 6.92 Å². The maximum Gasteiger partial charge on any atom is 0.222 e. The number of rotatable bonds is 7. The van der Waals surface area contributed by atoms with Gasteiger partial charge >= 0.3 is 0 Å². The average molecular weight is 408 g/mol. The Morgan fingerprint density at radius 2 is 2.04 bits per heavy atom. The maximum absolute atomic E-state index is 11.0. The second kappa shape index (κ2) is 9.56. The molecule has 3 rings (SSSR count). The second-order valence-corrected chi connectivity index (χ2v) is 7.55. The van der Waals surface area contributed by atoms with E-state index in [9.17, 15) is 4.79 Å². The van der Waals surface area contributed by atoms with Crippen molar-refractivity contribution in [2.75, 3.05) is 26.2 Å². The Labute approximate surface area is 170 Å². The van der Waals surface area contributed by atoms with Gasteiger partial charge in [-0.3, -0.25) is 9.69 Å². The van der Waals surface area contributed by atoms with Gasteiger partial charge in [0.25, 0.3) is 0 Å². The molecule has 1 atom stereocenters. The van der Waals surface area contributed by atoms with Gasteiger partial charge in [-0.15, -0.1) is 0 Å². The third-order valence-electron chi connectivity index (χ3n) is 4.63. The summed E-state index contributed by atoms with van der Waals surface area (Å²) in [5.74, 6) is 0.788. The molecule has 1 saturated heterocycles. The molecule has 4 nitrogen and oxygen atoms in total. The molecule has 0 N–H and O–H groups in total. The summed E-state index contributed by atoms with van der Waals surface area (Å²) in [6, 6.07) is 13.9. The highest BCUT2D eigenvalue weighted by atomic mass is 35.5. The Morgan fingerprint density at radius 1 is 1.26 bits per heavy atom. The molecule has 6 heteroatoms. The lowest BCUT2D eigenvalue weighted by Gasteiger charge is -2.32. The third kappa shape index (κ3) is 5.94. The van der Waals surface area contributed by atoms with Crippen LogP contribution in [-0.4, -0.2) is 36.4 Å². The molecule has 0 spiro atoms. The zero-order valence-electron chi connectivity index (χ0n) is 15.3. The minimum absolute atomic E-state index is 0.00947. The summed E-state index contributed by atoms with van der Waals surface area (Å²) in [6.45, 7) is 5.32. The first-order valence-corrected chi connectivity index (χ1v) is 9.77. The van der Waals surface area contributed by atoms with Gasteiger partial charge < -0.3 is 9.47 Å². The first kappa shape index (κ1) is 20.2. The SMILES string of the molecule is Cc1ccc(COc2ccc(C3CN(CCC(=O)Cl)CCO3)cc2)c(Cl)c1. The van der Waals surface area contributed by atoms with Crippen LogP contribution in [0.1, 0.15) is 29.2 Å². The van der Waals surface area contributed by atoms with E-state index >= 15 is 0 Å². The highest BCUT2D eigenvalue weighted by molar-refractivity contribution is 6.63. The third-order valence-corrected chi connectivity index (χ3v) is 5.17. The first-order chi connectivity index (χ1) is 13.0. The summed E-state index contributed by atoms with van der Waals surface area (Å²) in [6.07, 6.45) is 0.354. The number of morpholine rings is 1. The summed E-state index contributed by atoms with van der Waals surface area (Å²) in [7, 11) is 0. The fraction of sp³-hybridized carbons (Fsp3) is 0.381. The lowest BCUT2D eigenvalue weighted by atomic mass is 10.1. The Morgan fingerprint density at radius 3 is 2.74 bits per heavy atom. The van der Waals surface area contributed by atoms with Crippen molar-refractivity contribution in [3.05, 3.63) is 64.2 Å². The maximum atomic E-state index is 11.0. The first-order valence-electron chi connectivity index (χ1n) is 9.01. The van der Waals surface area contributed by atoms with Crippen molar-refractivity contribution in [3.8, 4) is 5.75 Å². The van der Waals surface area contributed by atoms with Crippen LogP contribution in [0.3, 0.4) is 0 Å². The predicted octanol–water partition coefficient (Wildman–Crippen LogP) is 4.76. The topological polar surface area (TPSA) is 38.8 Å². The van der Waals surface area contributed by atoms with Crippen LogP contribution in [0.4, 0.5) is 0 Å². The largest absolute Gasteiger partial charge is 0.489 e. The zero-order chi connectivity index (χ0) is 19.2. The molecule has 1 unspecified atom stereocenters. The lowest BCUT2D eigenvalue weighted by Crippen LogP contribution is -2.39. The summed E-state index contributed by atoms with van der Waals surface area (Å²) in [4.78, 5) is 13.2. The molecular weight excluding hydrogens is 385 g/mol. The van der Waals surface area contributed by atoms with E-state index in [2.05, 4.69) is 4.90 Å². The molecule has 144 valence electrons. The number of benzene rings is 2. The van der Waals surface area contributed by atoms with Gasteiger partial charge in [0.1, 0.15) is 12.4 Å². The van der Waals surface area contributed by atoms with Gasteiger partial charge in [0, 0.05) is 36.6 Å². The summed E-state index contributed by atoms with van der Waals surface area (Å²) >= 11 is 11.7. The number of carbonyl (C=O) groups excluding carboxylic acids is 1. The van der Waals surface area contributed by atoms with Gasteiger partial charge in [-0.1, -0.05) is 35.9 Å². The zero-order valence-corrected chi connectivity index (χ0v) is 16.8. The number of carbonyl (C=O) groups is 1. The van der Waals surface area contributed by atoms with Crippen LogP contribution in [0.25, 0.3) is 0 Å². The molecular formula is C21H23Cl2NO3. The molecule has 1 aliphatic rings. The van der Waals surface area contributed by atoms with Gasteiger partial charge in [-0.25, -0.2) is 0 Å².